The molecule has 3 aromatic rings. The standard InChI is InChI=1S/C25H30Cl2N4/c1-4-31(5-2)16-6-7-18(3)29-23-17-28-24(19-8-12-21(26)13-9-19)25(30-23)20-10-14-22(27)15-11-20/h8-15,17-18H,4-7,16H2,1-3H3,(H,29,30). The number of rotatable bonds is 10. The molecule has 1 N–H and O–H groups in total. The fourth-order valence-electron chi connectivity index (χ4n) is 3.57. The number of hydrogen-bond acceptors (Lipinski definition) is 4. The molecular weight excluding hydrogens is 427 g/mol. The number of hydrogen-bond donors (Lipinski definition) is 1. The first-order valence-electron chi connectivity index (χ1n) is 10.9. The van der Waals surface area contributed by atoms with Crippen LogP contribution in [0.2, 0.25) is 10.0 Å². The normalized spacial score (nSPS) is 12.2. The molecule has 6 heteroatoms. The van der Waals surface area contributed by atoms with Gasteiger partial charge in [0.25, 0.3) is 0 Å². The number of anilines is 1. The number of aromatic nitrogens is 2. The molecule has 0 amide bonds. The van der Waals surface area contributed by atoms with Gasteiger partial charge in [-0.3, -0.25) is 4.98 Å². The summed E-state index contributed by atoms with van der Waals surface area (Å²) in [6.45, 7) is 9.93. The van der Waals surface area contributed by atoms with Crippen molar-refractivity contribution in [1.82, 2.24) is 14.9 Å². The van der Waals surface area contributed by atoms with E-state index in [1.165, 1.54) is 0 Å². The van der Waals surface area contributed by atoms with Gasteiger partial charge in [0, 0.05) is 27.2 Å². The first-order valence-corrected chi connectivity index (χ1v) is 11.6. The summed E-state index contributed by atoms with van der Waals surface area (Å²) < 4.78 is 0. The Balaban J connectivity index is 1.82. The molecular formula is C25H30Cl2N4. The van der Waals surface area contributed by atoms with E-state index in [1.807, 2.05) is 54.7 Å². The molecule has 0 aliphatic rings. The molecule has 0 radical (unpaired) electrons. The molecule has 2 aromatic carbocycles. The first kappa shape index (κ1) is 23.5. The van der Waals surface area contributed by atoms with Crippen LogP contribution >= 0.6 is 23.2 Å². The molecule has 0 fully saturated rings. The topological polar surface area (TPSA) is 41.0 Å². The highest BCUT2D eigenvalue weighted by atomic mass is 35.5. The van der Waals surface area contributed by atoms with Crippen molar-refractivity contribution < 1.29 is 0 Å². The molecule has 1 unspecified atom stereocenters. The molecule has 31 heavy (non-hydrogen) atoms. The molecule has 1 aromatic heterocycles. The van der Waals surface area contributed by atoms with Crippen LogP contribution in [0.15, 0.2) is 54.7 Å². The zero-order chi connectivity index (χ0) is 22.2. The Morgan fingerprint density at radius 3 is 1.97 bits per heavy atom. The minimum absolute atomic E-state index is 0.310. The van der Waals surface area contributed by atoms with E-state index in [1.54, 1.807) is 0 Å². The third kappa shape index (κ3) is 6.67. The molecule has 0 saturated carbocycles. The maximum Gasteiger partial charge on any atom is 0.145 e. The van der Waals surface area contributed by atoms with Crippen LogP contribution in [0.5, 0.6) is 0 Å². The third-order valence-corrected chi connectivity index (χ3v) is 5.91. The summed E-state index contributed by atoms with van der Waals surface area (Å²) in [5.41, 5.74) is 3.58. The van der Waals surface area contributed by atoms with Gasteiger partial charge in [0.15, 0.2) is 0 Å². The summed E-state index contributed by atoms with van der Waals surface area (Å²) in [6, 6.07) is 15.7. The quantitative estimate of drug-likeness (QED) is 0.355. The van der Waals surface area contributed by atoms with E-state index in [-0.39, 0.29) is 0 Å². The van der Waals surface area contributed by atoms with Gasteiger partial charge in [-0.05, 0) is 63.7 Å². The Kier molecular flexibility index (Phi) is 8.70. The lowest BCUT2D eigenvalue weighted by atomic mass is 10.0. The van der Waals surface area contributed by atoms with Gasteiger partial charge in [-0.15, -0.1) is 0 Å². The summed E-state index contributed by atoms with van der Waals surface area (Å²) >= 11 is 12.2. The average Bonchev–Trinajstić information content (AvgIpc) is 2.78. The summed E-state index contributed by atoms with van der Waals surface area (Å²) in [5.74, 6) is 0.776. The highest BCUT2D eigenvalue weighted by molar-refractivity contribution is 6.31. The van der Waals surface area contributed by atoms with E-state index < -0.39 is 0 Å². The Morgan fingerprint density at radius 2 is 1.42 bits per heavy atom. The monoisotopic (exact) mass is 456 g/mol. The second-order valence-electron chi connectivity index (χ2n) is 7.68. The van der Waals surface area contributed by atoms with Gasteiger partial charge < -0.3 is 10.2 Å². The molecule has 0 spiro atoms. The summed E-state index contributed by atoms with van der Waals surface area (Å²) in [4.78, 5) is 12.1. The van der Waals surface area contributed by atoms with Gasteiger partial charge >= 0.3 is 0 Å². The Morgan fingerprint density at radius 1 is 0.871 bits per heavy atom. The minimum atomic E-state index is 0.310. The third-order valence-electron chi connectivity index (χ3n) is 5.41. The van der Waals surface area contributed by atoms with Crippen molar-refractivity contribution in [2.75, 3.05) is 25.0 Å². The van der Waals surface area contributed by atoms with E-state index in [0.29, 0.717) is 16.1 Å². The van der Waals surface area contributed by atoms with E-state index in [2.05, 4.69) is 31.0 Å². The van der Waals surface area contributed by atoms with Gasteiger partial charge in [-0.2, -0.15) is 0 Å². The van der Waals surface area contributed by atoms with Crippen LogP contribution in [0.25, 0.3) is 22.5 Å². The van der Waals surface area contributed by atoms with Crippen LogP contribution in [-0.2, 0) is 0 Å². The van der Waals surface area contributed by atoms with Crippen LogP contribution in [-0.4, -0.2) is 40.5 Å². The van der Waals surface area contributed by atoms with Crippen molar-refractivity contribution in [3.63, 3.8) is 0 Å². The molecule has 0 saturated heterocycles. The number of nitrogens with zero attached hydrogens (tertiary/aromatic N) is 3. The van der Waals surface area contributed by atoms with Crippen LogP contribution in [0.1, 0.15) is 33.6 Å². The first-order chi connectivity index (χ1) is 15.0. The molecule has 1 heterocycles. The van der Waals surface area contributed by atoms with Crippen molar-refractivity contribution in [2.45, 2.75) is 39.7 Å². The Bertz CT molecular complexity index is 954. The predicted octanol–water partition coefficient (Wildman–Crippen LogP) is 7.04. The number of halogens is 2. The maximum atomic E-state index is 6.10. The second kappa shape index (κ2) is 11.5. The average molecular weight is 457 g/mol. The SMILES string of the molecule is CCN(CC)CCCC(C)Nc1cnc(-c2ccc(Cl)cc2)c(-c2ccc(Cl)cc2)n1. The summed E-state index contributed by atoms with van der Waals surface area (Å²) in [6.07, 6.45) is 4.04. The largest absolute Gasteiger partial charge is 0.366 e. The Labute approximate surface area is 195 Å². The van der Waals surface area contributed by atoms with E-state index in [0.717, 1.165) is 60.8 Å². The van der Waals surface area contributed by atoms with E-state index in [9.17, 15) is 0 Å². The van der Waals surface area contributed by atoms with Crippen molar-refractivity contribution in [3.8, 4) is 22.5 Å². The lowest BCUT2D eigenvalue weighted by Crippen LogP contribution is -2.25. The zero-order valence-electron chi connectivity index (χ0n) is 18.4. The highest BCUT2D eigenvalue weighted by Gasteiger charge is 2.14. The smallest absolute Gasteiger partial charge is 0.145 e. The lowest BCUT2D eigenvalue weighted by molar-refractivity contribution is 0.295. The molecule has 0 aliphatic heterocycles. The summed E-state index contributed by atoms with van der Waals surface area (Å²) in [7, 11) is 0. The second-order valence-corrected chi connectivity index (χ2v) is 8.55. The van der Waals surface area contributed by atoms with Crippen LogP contribution in [0.3, 0.4) is 0 Å². The fraction of sp³-hybridized carbons (Fsp3) is 0.360. The van der Waals surface area contributed by atoms with Gasteiger partial charge in [0.05, 0.1) is 17.6 Å². The van der Waals surface area contributed by atoms with Crippen LogP contribution < -0.4 is 5.32 Å². The van der Waals surface area contributed by atoms with Gasteiger partial charge in [-0.25, -0.2) is 4.98 Å². The van der Waals surface area contributed by atoms with Crippen molar-refractivity contribution >= 4 is 29.0 Å². The van der Waals surface area contributed by atoms with E-state index >= 15 is 0 Å². The van der Waals surface area contributed by atoms with Crippen molar-refractivity contribution in [1.29, 1.82) is 0 Å². The number of benzene rings is 2. The molecule has 4 nitrogen and oxygen atoms in total. The van der Waals surface area contributed by atoms with Crippen LogP contribution in [0.4, 0.5) is 5.82 Å². The van der Waals surface area contributed by atoms with Gasteiger partial charge in [0.2, 0.25) is 0 Å². The lowest BCUT2D eigenvalue weighted by Gasteiger charge is -2.20. The van der Waals surface area contributed by atoms with Gasteiger partial charge in [-0.1, -0.05) is 61.3 Å². The summed E-state index contributed by atoms with van der Waals surface area (Å²) in [5, 5.41) is 4.91. The molecule has 1 atom stereocenters. The van der Waals surface area contributed by atoms with E-state index in [4.69, 9.17) is 33.2 Å². The minimum Gasteiger partial charge on any atom is -0.366 e. The van der Waals surface area contributed by atoms with Crippen molar-refractivity contribution in [2.24, 2.45) is 0 Å². The number of nitrogens with one attached hydrogen (secondary N) is 1. The molecule has 0 aliphatic carbocycles. The predicted molar refractivity (Wildman–Crippen MR) is 133 cm³/mol. The fourth-order valence-corrected chi connectivity index (χ4v) is 3.82. The van der Waals surface area contributed by atoms with Gasteiger partial charge in [0.1, 0.15) is 5.82 Å². The van der Waals surface area contributed by atoms with Crippen molar-refractivity contribution in [3.05, 3.63) is 64.8 Å². The Hall–Kier alpha value is -2.14. The van der Waals surface area contributed by atoms with Crippen LogP contribution in [0, 0.1) is 0 Å². The maximum absolute atomic E-state index is 6.10. The zero-order valence-corrected chi connectivity index (χ0v) is 19.9. The molecule has 0 bridgehead atoms. The molecule has 3 rings (SSSR count). The molecule has 164 valence electrons. The highest BCUT2D eigenvalue weighted by Crippen LogP contribution is 2.31.